The Bertz CT molecular complexity index is 924. The number of nitrogens with zero attached hydrogens (tertiary/aromatic N) is 4. The number of pyridine rings is 3. The summed E-state index contributed by atoms with van der Waals surface area (Å²) in [6.45, 7) is 1.98. The first-order chi connectivity index (χ1) is 10.8. The molecule has 0 N–H and O–H groups in total. The van der Waals surface area contributed by atoms with Gasteiger partial charge in [-0.3, -0.25) is 14.4 Å². The van der Waals surface area contributed by atoms with Crippen LogP contribution in [0.1, 0.15) is 5.69 Å². The highest BCUT2D eigenvalue weighted by molar-refractivity contribution is 5.68. The minimum atomic E-state index is 0.920. The molecule has 0 aromatic carbocycles. The second-order valence-electron chi connectivity index (χ2n) is 5.22. The summed E-state index contributed by atoms with van der Waals surface area (Å²) >= 11 is 0. The molecule has 0 spiro atoms. The number of aromatic nitrogens is 4. The van der Waals surface area contributed by atoms with Crippen LogP contribution in [0.3, 0.4) is 0 Å². The van der Waals surface area contributed by atoms with Gasteiger partial charge in [-0.05, 0) is 37.3 Å². The normalized spacial score (nSPS) is 11.0. The molecule has 4 aromatic rings. The van der Waals surface area contributed by atoms with E-state index in [-0.39, 0.29) is 0 Å². The zero-order valence-corrected chi connectivity index (χ0v) is 12.1. The van der Waals surface area contributed by atoms with Gasteiger partial charge in [-0.1, -0.05) is 6.07 Å². The van der Waals surface area contributed by atoms with E-state index in [0.29, 0.717) is 0 Å². The fraction of sp³-hybridized carbons (Fsp3) is 0.0556. The van der Waals surface area contributed by atoms with Gasteiger partial charge in [0.1, 0.15) is 5.65 Å². The first-order valence-corrected chi connectivity index (χ1v) is 7.12. The van der Waals surface area contributed by atoms with Crippen molar-refractivity contribution >= 4 is 5.65 Å². The number of fused-ring (bicyclic) bond motifs is 1. The average molecular weight is 286 g/mol. The van der Waals surface area contributed by atoms with Crippen molar-refractivity contribution in [3.05, 3.63) is 73.1 Å². The van der Waals surface area contributed by atoms with Crippen molar-refractivity contribution in [2.45, 2.75) is 6.92 Å². The van der Waals surface area contributed by atoms with Crippen LogP contribution in [0.2, 0.25) is 0 Å². The fourth-order valence-corrected chi connectivity index (χ4v) is 2.52. The second kappa shape index (κ2) is 5.07. The van der Waals surface area contributed by atoms with Crippen LogP contribution in [0.25, 0.3) is 28.0 Å². The van der Waals surface area contributed by atoms with Gasteiger partial charge in [0.25, 0.3) is 0 Å². The monoisotopic (exact) mass is 286 g/mol. The van der Waals surface area contributed by atoms with E-state index < -0.39 is 0 Å². The third kappa shape index (κ3) is 2.15. The average Bonchev–Trinajstić information content (AvgIpc) is 2.99. The van der Waals surface area contributed by atoms with Gasteiger partial charge in [0.15, 0.2) is 0 Å². The minimum Gasteiger partial charge on any atom is -0.299 e. The Morgan fingerprint density at radius 2 is 1.73 bits per heavy atom. The molecule has 106 valence electrons. The van der Waals surface area contributed by atoms with Gasteiger partial charge >= 0.3 is 0 Å². The van der Waals surface area contributed by atoms with Gasteiger partial charge in [-0.15, -0.1) is 0 Å². The number of aryl methyl sites for hydroxylation is 1. The van der Waals surface area contributed by atoms with Gasteiger partial charge in [-0.25, -0.2) is 4.98 Å². The number of hydrogen-bond acceptors (Lipinski definition) is 3. The molecule has 0 aliphatic carbocycles. The number of hydrogen-bond donors (Lipinski definition) is 0. The molecule has 22 heavy (non-hydrogen) atoms. The van der Waals surface area contributed by atoms with Crippen molar-refractivity contribution in [3.8, 4) is 22.4 Å². The van der Waals surface area contributed by atoms with Crippen LogP contribution < -0.4 is 0 Å². The lowest BCUT2D eigenvalue weighted by molar-refractivity contribution is 1.16. The molecule has 0 bridgehead atoms. The molecule has 0 aliphatic rings. The smallest absolute Gasteiger partial charge is 0.137 e. The van der Waals surface area contributed by atoms with Crippen LogP contribution in [0, 0.1) is 6.92 Å². The molecule has 4 nitrogen and oxygen atoms in total. The fourth-order valence-electron chi connectivity index (χ4n) is 2.52. The lowest BCUT2D eigenvalue weighted by Crippen LogP contribution is -1.91. The van der Waals surface area contributed by atoms with E-state index in [4.69, 9.17) is 0 Å². The molecule has 0 fully saturated rings. The molecule has 4 heterocycles. The van der Waals surface area contributed by atoms with E-state index in [9.17, 15) is 0 Å². The van der Waals surface area contributed by atoms with Crippen LogP contribution >= 0.6 is 0 Å². The van der Waals surface area contributed by atoms with Crippen molar-refractivity contribution in [1.82, 2.24) is 19.4 Å². The van der Waals surface area contributed by atoms with E-state index in [2.05, 4.69) is 43.7 Å². The standard InChI is InChI=1S/C18H14N4/c1-13-4-5-15(10-20-13)17-11-21-18-7-6-16(12-22(17)18)14-3-2-8-19-9-14/h2-12H,1H3. The highest BCUT2D eigenvalue weighted by Gasteiger charge is 2.07. The quantitative estimate of drug-likeness (QED) is 0.563. The zero-order chi connectivity index (χ0) is 14.9. The maximum absolute atomic E-state index is 4.47. The van der Waals surface area contributed by atoms with Crippen molar-refractivity contribution in [2.24, 2.45) is 0 Å². The molecule has 0 unspecified atom stereocenters. The molecular formula is C18H14N4. The molecule has 0 radical (unpaired) electrons. The SMILES string of the molecule is Cc1ccc(-c2cnc3ccc(-c4cccnc4)cn23)cn1. The lowest BCUT2D eigenvalue weighted by atomic mass is 10.1. The van der Waals surface area contributed by atoms with E-state index in [1.807, 2.05) is 43.7 Å². The Kier molecular flexibility index (Phi) is 2.93. The summed E-state index contributed by atoms with van der Waals surface area (Å²) in [6, 6.07) is 12.2. The zero-order valence-electron chi connectivity index (χ0n) is 12.1. The Hall–Kier alpha value is -3.01. The summed E-state index contributed by atoms with van der Waals surface area (Å²) in [4.78, 5) is 13.0. The largest absolute Gasteiger partial charge is 0.299 e. The first-order valence-electron chi connectivity index (χ1n) is 7.12. The Morgan fingerprint density at radius 3 is 2.50 bits per heavy atom. The number of rotatable bonds is 2. The van der Waals surface area contributed by atoms with E-state index in [0.717, 1.165) is 33.7 Å². The molecule has 4 heteroatoms. The van der Waals surface area contributed by atoms with E-state index >= 15 is 0 Å². The maximum atomic E-state index is 4.47. The van der Waals surface area contributed by atoms with Crippen LogP contribution in [-0.4, -0.2) is 19.4 Å². The van der Waals surface area contributed by atoms with Gasteiger partial charge in [0, 0.05) is 47.2 Å². The Labute approximate surface area is 128 Å². The molecule has 0 amide bonds. The Balaban J connectivity index is 1.88. The van der Waals surface area contributed by atoms with E-state index in [1.165, 1.54) is 0 Å². The van der Waals surface area contributed by atoms with Gasteiger partial charge < -0.3 is 0 Å². The molecule has 0 saturated heterocycles. The minimum absolute atomic E-state index is 0.920. The van der Waals surface area contributed by atoms with Crippen LogP contribution in [-0.2, 0) is 0 Å². The summed E-state index contributed by atoms with van der Waals surface area (Å²) < 4.78 is 2.09. The van der Waals surface area contributed by atoms with Gasteiger partial charge in [0.05, 0.1) is 11.9 Å². The summed E-state index contributed by atoms with van der Waals surface area (Å²) in [5.41, 5.74) is 6.22. The van der Waals surface area contributed by atoms with Gasteiger partial charge in [0.2, 0.25) is 0 Å². The predicted octanol–water partition coefficient (Wildman–Crippen LogP) is 3.77. The Morgan fingerprint density at radius 1 is 0.818 bits per heavy atom. The topological polar surface area (TPSA) is 43.1 Å². The van der Waals surface area contributed by atoms with Crippen LogP contribution in [0.5, 0.6) is 0 Å². The van der Waals surface area contributed by atoms with Crippen LogP contribution in [0.15, 0.2) is 67.4 Å². The summed E-state index contributed by atoms with van der Waals surface area (Å²) in [6.07, 6.45) is 9.51. The van der Waals surface area contributed by atoms with Crippen molar-refractivity contribution < 1.29 is 0 Å². The maximum Gasteiger partial charge on any atom is 0.137 e. The summed E-state index contributed by atoms with van der Waals surface area (Å²) in [7, 11) is 0. The lowest BCUT2D eigenvalue weighted by Gasteiger charge is -2.05. The van der Waals surface area contributed by atoms with Crippen molar-refractivity contribution in [2.75, 3.05) is 0 Å². The summed E-state index contributed by atoms with van der Waals surface area (Å²) in [5, 5.41) is 0. The predicted molar refractivity (Wildman–Crippen MR) is 86.4 cm³/mol. The molecule has 4 aromatic heterocycles. The van der Waals surface area contributed by atoms with Gasteiger partial charge in [-0.2, -0.15) is 0 Å². The van der Waals surface area contributed by atoms with Crippen molar-refractivity contribution in [3.63, 3.8) is 0 Å². The first kappa shape index (κ1) is 12.7. The summed E-state index contributed by atoms with van der Waals surface area (Å²) in [5.74, 6) is 0. The molecule has 0 aliphatic heterocycles. The third-order valence-corrected chi connectivity index (χ3v) is 3.71. The molecule has 0 atom stereocenters. The number of imidazole rings is 1. The highest BCUT2D eigenvalue weighted by Crippen LogP contribution is 2.24. The molecule has 4 rings (SSSR count). The molecule has 0 saturated carbocycles. The van der Waals surface area contributed by atoms with Crippen molar-refractivity contribution in [1.29, 1.82) is 0 Å². The third-order valence-electron chi connectivity index (χ3n) is 3.71. The van der Waals surface area contributed by atoms with E-state index in [1.54, 1.807) is 6.20 Å². The second-order valence-corrected chi connectivity index (χ2v) is 5.22. The molecular weight excluding hydrogens is 272 g/mol. The van der Waals surface area contributed by atoms with Crippen LogP contribution in [0.4, 0.5) is 0 Å². The highest BCUT2D eigenvalue weighted by atomic mass is 15.0.